The number of carbonyl (C=O) groups excluding carboxylic acids is 1. The molecule has 1 heterocycles. The maximum atomic E-state index is 13.8. The van der Waals surface area contributed by atoms with Crippen LogP contribution in [0.5, 0.6) is 0 Å². The van der Waals surface area contributed by atoms with Crippen LogP contribution >= 0.6 is 11.6 Å². The Hall–Kier alpha value is -3.06. The van der Waals surface area contributed by atoms with Crippen molar-refractivity contribution in [1.29, 1.82) is 0 Å². The van der Waals surface area contributed by atoms with E-state index >= 15 is 0 Å². The van der Waals surface area contributed by atoms with Crippen LogP contribution in [0.15, 0.2) is 54.7 Å². The van der Waals surface area contributed by atoms with Gasteiger partial charge in [0.05, 0.1) is 5.69 Å². The molecule has 0 radical (unpaired) electrons. The monoisotopic (exact) mass is 391 g/mol. The Morgan fingerprint density at radius 1 is 1.00 bits per heavy atom. The zero-order chi connectivity index (χ0) is 19.4. The van der Waals surface area contributed by atoms with Gasteiger partial charge in [0, 0.05) is 23.5 Å². The Balaban J connectivity index is 1.70. The summed E-state index contributed by atoms with van der Waals surface area (Å²) < 4.78 is 40.1. The number of hydrogen-bond acceptors (Lipinski definition) is 3. The zero-order valence-corrected chi connectivity index (χ0v) is 14.5. The van der Waals surface area contributed by atoms with E-state index in [1.165, 1.54) is 18.3 Å². The van der Waals surface area contributed by atoms with E-state index in [2.05, 4.69) is 15.6 Å². The minimum Gasteiger partial charge on any atom is -0.353 e. The van der Waals surface area contributed by atoms with Gasteiger partial charge >= 0.3 is 0 Å². The number of rotatable bonds is 5. The van der Waals surface area contributed by atoms with Crippen LogP contribution in [-0.2, 0) is 6.54 Å². The SMILES string of the molecule is O=C(NCc1ccc(Cl)cc1)c1cc(Nc2ccc(F)c(F)c2F)ccn1. The first kappa shape index (κ1) is 18.7. The number of carbonyl (C=O) groups is 1. The van der Waals surface area contributed by atoms with Crippen molar-refractivity contribution in [1.82, 2.24) is 10.3 Å². The number of nitrogens with one attached hydrogen (secondary N) is 2. The molecule has 0 unspecified atom stereocenters. The van der Waals surface area contributed by atoms with Gasteiger partial charge in [0.1, 0.15) is 5.69 Å². The largest absolute Gasteiger partial charge is 0.353 e. The van der Waals surface area contributed by atoms with E-state index in [1.54, 1.807) is 24.3 Å². The molecule has 27 heavy (non-hydrogen) atoms. The fourth-order valence-electron chi connectivity index (χ4n) is 2.29. The molecule has 0 fully saturated rings. The van der Waals surface area contributed by atoms with Gasteiger partial charge < -0.3 is 10.6 Å². The third-order valence-corrected chi connectivity index (χ3v) is 3.93. The highest BCUT2D eigenvalue weighted by Gasteiger charge is 2.14. The van der Waals surface area contributed by atoms with Crippen molar-refractivity contribution in [2.24, 2.45) is 0 Å². The maximum absolute atomic E-state index is 13.8. The average Bonchev–Trinajstić information content (AvgIpc) is 2.68. The number of halogens is 4. The van der Waals surface area contributed by atoms with Crippen LogP contribution in [0.25, 0.3) is 0 Å². The van der Waals surface area contributed by atoms with Crippen molar-refractivity contribution in [3.05, 3.63) is 88.5 Å². The van der Waals surface area contributed by atoms with Crippen LogP contribution in [0.1, 0.15) is 16.1 Å². The van der Waals surface area contributed by atoms with Crippen LogP contribution in [0.3, 0.4) is 0 Å². The summed E-state index contributed by atoms with van der Waals surface area (Å²) in [5, 5.41) is 5.89. The van der Waals surface area contributed by atoms with Crippen molar-refractivity contribution in [2.45, 2.75) is 6.54 Å². The van der Waals surface area contributed by atoms with Crippen molar-refractivity contribution >= 4 is 28.9 Å². The lowest BCUT2D eigenvalue weighted by molar-refractivity contribution is 0.0946. The average molecular weight is 392 g/mol. The molecule has 4 nitrogen and oxygen atoms in total. The first-order chi connectivity index (χ1) is 12.9. The third-order valence-electron chi connectivity index (χ3n) is 3.67. The fourth-order valence-corrected chi connectivity index (χ4v) is 2.41. The number of hydrogen-bond donors (Lipinski definition) is 2. The van der Waals surface area contributed by atoms with Crippen LogP contribution in [-0.4, -0.2) is 10.9 Å². The summed E-state index contributed by atoms with van der Waals surface area (Å²) in [5.74, 6) is -4.65. The van der Waals surface area contributed by atoms with Crippen LogP contribution in [0, 0.1) is 17.5 Å². The number of pyridine rings is 1. The molecule has 0 spiro atoms. The molecule has 0 aliphatic heterocycles. The molecule has 1 amide bonds. The molecule has 8 heteroatoms. The Labute approximate surface area is 158 Å². The third kappa shape index (κ3) is 4.57. The molecular formula is C19H13ClF3N3O. The van der Waals surface area contributed by atoms with E-state index in [9.17, 15) is 18.0 Å². The quantitative estimate of drug-likeness (QED) is 0.613. The van der Waals surface area contributed by atoms with Gasteiger partial charge in [-0.15, -0.1) is 0 Å². The summed E-state index contributed by atoms with van der Waals surface area (Å²) in [5.41, 5.74) is 0.974. The summed E-state index contributed by atoms with van der Waals surface area (Å²) in [7, 11) is 0. The Morgan fingerprint density at radius 2 is 1.74 bits per heavy atom. The molecule has 0 saturated heterocycles. The van der Waals surface area contributed by atoms with Crippen LogP contribution in [0.2, 0.25) is 5.02 Å². The van der Waals surface area contributed by atoms with Gasteiger partial charge in [0.25, 0.3) is 5.91 Å². The first-order valence-electron chi connectivity index (χ1n) is 7.83. The standard InChI is InChI=1S/C19H13ClF3N3O/c20-12-3-1-11(2-4-12)10-25-19(27)16-9-13(7-8-24-16)26-15-6-5-14(21)17(22)18(15)23/h1-9H,10H2,(H,24,26)(H,25,27). The summed E-state index contributed by atoms with van der Waals surface area (Å²) in [6, 6.07) is 11.7. The molecule has 0 bridgehead atoms. The van der Waals surface area contributed by atoms with Gasteiger partial charge in [-0.3, -0.25) is 9.78 Å². The Kier molecular flexibility index (Phi) is 5.61. The minimum atomic E-state index is -1.57. The van der Waals surface area contributed by atoms with Gasteiger partial charge in [0.15, 0.2) is 17.5 Å². The predicted molar refractivity (Wildman–Crippen MR) is 96.5 cm³/mol. The van der Waals surface area contributed by atoms with E-state index < -0.39 is 23.4 Å². The summed E-state index contributed by atoms with van der Waals surface area (Å²) >= 11 is 5.81. The number of aromatic nitrogens is 1. The summed E-state index contributed by atoms with van der Waals surface area (Å²) in [4.78, 5) is 16.2. The second-order valence-electron chi connectivity index (χ2n) is 5.59. The lowest BCUT2D eigenvalue weighted by atomic mass is 10.2. The molecule has 2 N–H and O–H groups in total. The van der Waals surface area contributed by atoms with Crippen molar-refractivity contribution in [3.63, 3.8) is 0 Å². The van der Waals surface area contributed by atoms with Gasteiger partial charge in [-0.05, 0) is 42.0 Å². The topological polar surface area (TPSA) is 54.0 Å². The highest BCUT2D eigenvalue weighted by Crippen LogP contribution is 2.23. The lowest BCUT2D eigenvalue weighted by Crippen LogP contribution is -2.23. The van der Waals surface area contributed by atoms with E-state index in [4.69, 9.17) is 11.6 Å². The molecule has 2 aromatic carbocycles. The van der Waals surface area contributed by atoms with Crippen molar-refractivity contribution in [2.75, 3.05) is 5.32 Å². The predicted octanol–water partition coefficient (Wildman–Crippen LogP) is 4.83. The van der Waals surface area contributed by atoms with Gasteiger partial charge in [0.2, 0.25) is 0 Å². The van der Waals surface area contributed by atoms with E-state index in [-0.39, 0.29) is 17.9 Å². The minimum absolute atomic E-state index is 0.0805. The second kappa shape index (κ2) is 8.09. The van der Waals surface area contributed by atoms with Crippen LogP contribution < -0.4 is 10.6 Å². The zero-order valence-electron chi connectivity index (χ0n) is 13.8. The molecular weight excluding hydrogens is 379 g/mol. The Bertz CT molecular complexity index is 980. The first-order valence-corrected chi connectivity index (χ1v) is 8.21. The molecule has 3 rings (SSSR count). The summed E-state index contributed by atoms with van der Waals surface area (Å²) in [6.45, 7) is 0.271. The number of nitrogens with zero attached hydrogens (tertiary/aromatic N) is 1. The number of anilines is 2. The van der Waals surface area contributed by atoms with E-state index in [1.807, 2.05) is 0 Å². The maximum Gasteiger partial charge on any atom is 0.270 e. The van der Waals surface area contributed by atoms with Crippen molar-refractivity contribution in [3.8, 4) is 0 Å². The molecule has 0 saturated carbocycles. The second-order valence-corrected chi connectivity index (χ2v) is 6.02. The molecule has 0 aliphatic rings. The number of benzene rings is 2. The Morgan fingerprint density at radius 3 is 2.48 bits per heavy atom. The fraction of sp³-hybridized carbons (Fsp3) is 0.0526. The highest BCUT2D eigenvalue weighted by atomic mass is 35.5. The van der Waals surface area contributed by atoms with Gasteiger partial charge in [-0.2, -0.15) is 0 Å². The normalized spacial score (nSPS) is 10.5. The lowest BCUT2D eigenvalue weighted by Gasteiger charge is -2.10. The molecule has 0 atom stereocenters. The molecule has 1 aromatic heterocycles. The molecule has 3 aromatic rings. The highest BCUT2D eigenvalue weighted by molar-refractivity contribution is 6.30. The van der Waals surface area contributed by atoms with Crippen LogP contribution in [0.4, 0.5) is 24.5 Å². The van der Waals surface area contributed by atoms with E-state index in [0.717, 1.165) is 17.7 Å². The summed E-state index contributed by atoms with van der Waals surface area (Å²) in [6.07, 6.45) is 1.34. The van der Waals surface area contributed by atoms with Gasteiger partial charge in [-0.1, -0.05) is 23.7 Å². The van der Waals surface area contributed by atoms with Crippen molar-refractivity contribution < 1.29 is 18.0 Å². The number of amides is 1. The molecule has 138 valence electrons. The van der Waals surface area contributed by atoms with Gasteiger partial charge in [-0.25, -0.2) is 13.2 Å². The smallest absolute Gasteiger partial charge is 0.270 e. The molecule has 0 aliphatic carbocycles. The van der Waals surface area contributed by atoms with E-state index in [0.29, 0.717) is 10.7 Å².